The molecule has 6 nitrogen and oxygen atoms in total. The molecule has 0 bridgehead atoms. The largest absolute Gasteiger partial charge is 0.378 e. The van der Waals surface area contributed by atoms with Crippen LogP contribution in [0.3, 0.4) is 0 Å². The van der Waals surface area contributed by atoms with Gasteiger partial charge in [0.25, 0.3) is 0 Å². The van der Waals surface area contributed by atoms with Crippen LogP contribution in [0, 0.1) is 6.92 Å². The summed E-state index contributed by atoms with van der Waals surface area (Å²) in [6.07, 6.45) is 0. The van der Waals surface area contributed by atoms with Gasteiger partial charge in [-0.05, 0) is 6.92 Å². The third-order valence-corrected chi connectivity index (χ3v) is 4.47. The molecule has 0 atom stereocenters. The first-order chi connectivity index (χ1) is 11.1. The number of rotatable bonds is 4. The molecule has 2 saturated heterocycles. The maximum absolute atomic E-state index is 5.43. The summed E-state index contributed by atoms with van der Waals surface area (Å²) in [5.74, 6) is 1.87. The van der Waals surface area contributed by atoms with E-state index in [9.17, 15) is 0 Å². The molecule has 1 aromatic rings. The van der Waals surface area contributed by atoms with Gasteiger partial charge in [-0.25, -0.2) is 4.98 Å². The molecular weight excluding hydrogens is 358 g/mol. The van der Waals surface area contributed by atoms with Crippen LogP contribution in [0.4, 0.5) is 11.8 Å². The number of morpholine rings is 1. The Morgan fingerprint density at radius 2 is 1.83 bits per heavy atom. The Morgan fingerprint density at radius 3 is 2.48 bits per heavy atom. The second kappa shape index (κ2) is 7.59. The van der Waals surface area contributed by atoms with Gasteiger partial charge in [0.15, 0.2) is 0 Å². The summed E-state index contributed by atoms with van der Waals surface area (Å²) < 4.78 is 6.46. The lowest BCUT2D eigenvalue weighted by Gasteiger charge is -2.35. The summed E-state index contributed by atoms with van der Waals surface area (Å²) in [7, 11) is 0. The van der Waals surface area contributed by atoms with E-state index in [1.807, 2.05) is 6.92 Å². The molecule has 7 heteroatoms. The normalized spacial score (nSPS) is 19.9. The molecule has 0 spiro atoms. The van der Waals surface area contributed by atoms with Gasteiger partial charge in [-0.1, -0.05) is 22.5 Å². The number of hydrogen-bond donors (Lipinski definition) is 0. The first-order valence-electron chi connectivity index (χ1n) is 8.11. The fraction of sp³-hybridized carbons (Fsp3) is 0.625. The van der Waals surface area contributed by atoms with Gasteiger partial charge in [0.1, 0.15) is 5.82 Å². The highest BCUT2D eigenvalue weighted by Crippen LogP contribution is 2.20. The number of anilines is 2. The van der Waals surface area contributed by atoms with Crippen molar-refractivity contribution in [1.29, 1.82) is 0 Å². The van der Waals surface area contributed by atoms with E-state index in [4.69, 9.17) is 9.72 Å². The van der Waals surface area contributed by atoms with Crippen LogP contribution in [0.25, 0.3) is 0 Å². The van der Waals surface area contributed by atoms with Gasteiger partial charge < -0.3 is 14.5 Å². The first-order valence-corrected chi connectivity index (χ1v) is 8.90. The second-order valence-corrected chi connectivity index (χ2v) is 7.17. The monoisotopic (exact) mass is 381 g/mol. The number of halogens is 1. The minimum absolute atomic E-state index is 0.771. The van der Waals surface area contributed by atoms with Crippen molar-refractivity contribution in [2.24, 2.45) is 0 Å². The van der Waals surface area contributed by atoms with E-state index >= 15 is 0 Å². The lowest BCUT2D eigenvalue weighted by atomic mass is 10.3. The quantitative estimate of drug-likeness (QED) is 0.789. The maximum Gasteiger partial charge on any atom is 0.227 e. The lowest BCUT2D eigenvalue weighted by Crippen LogP contribution is -2.47. The molecule has 0 unspecified atom stereocenters. The zero-order chi connectivity index (χ0) is 16.2. The lowest BCUT2D eigenvalue weighted by molar-refractivity contribution is 0.122. The maximum atomic E-state index is 5.43. The van der Waals surface area contributed by atoms with Gasteiger partial charge in [0.05, 0.1) is 13.2 Å². The third-order valence-electron chi connectivity index (χ3n) is 4.21. The summed E-state index contributed by atoms with van der Waals surface area (Å²) >= 11 is 3.44. The SMILES string of the molecule is C=C(Br)CN1CCN(c2nc(C)cc(N3CCOCC3)n2)CC1. The molecule has 3 heterocycles. The van der Waals surface area contributed by atoms with Gasteiger partial charge >= 0.3 is 0 Å². The van der Waals surface area contributed by atoms with E-state index in [1.165, 1.54) is 0 Å². The number of hydrogen-bond acceptors (Lipinski definition) is 6. The minimum atomic E-state index is 0.771. The number of nitrogens with zero attached hydrogens (tertiary/aromatic N) is 5. The summed E-state index contributed by atoms with van der Waals surface area (Å²) in [5, 5.41) is 0. The van der Waals surface area contributed by atoms with E-state index < -0.39 is 0 Å². The molecule has 0 N–H and O–H groups in total. The summed E-state index contributed by atoms with van der Waals surface area (Å²) in [6, 6.07) is 2.07. The Morgan fingerprint density at radius 1 is 1.13 bits per heavy atom. The highest BCUT2D eigenvalue weighted by atomic mass is 79.9. The molecule has 0 aromatic carbocycles. The van der Waals surface area contributed by atoms with Gasteiger partial charge in [0, 0.05) is 62.1 Å². The van der Waals surface area contributed by atoms with Crippen LogP contribution >= 0.6 is 15.9 Å². The first kappa shape index (κ1) is 16.7. The standard InChI is InChI=1S/C16H24BrN5O/c1-13(17)12-20-3-5-22(6-4-20)16-18-14(2)11-15(19-16)21-7-9-23-10-8-21/h11H,1,3-10,12H2,2H3. The van der Waals surface area contributed by atoms with Crippen molar-refractivity contribution in [2.45, 2.75) is 6.92 Å². The zero-order valence-electron chi connectivity index (χ0n) is 13.7. The van der Waals surface area contributed by atoms with Crippen molar-refractivity contribution in [3.8, 4) is 0 Å². The minimum Gasteiger partial charge on any atom is -0.378 e. The fourth-order valence-electron chi connectivity index (χ4n) is 2.98. The van der Waals surface area contributed by atoms with Crippen LogP contribution in [0.5, 0.6) is 0 Å². The van der Waals surface area contributed by atoms with Crippen molar-refractivity contribution in [2.75, 3.05) is 68.8 Å². The Bertz CT molecular complexity index is 553. The summed E-state index contributed by atoms with van der Waals surface area (Å²) in [4.78, 5) is 16.4. The van der Waals surface area contributed by atoms with Gasteiger partial charge in [-0.15, -0.1) is 0 Å². The fourth-order valence-corrected chi connectivity index (χ4v) is 3.34. The van der Waals surface area contributed by atoms with Crippen LogP contribution < -0.4 is 9.80 Å². The second-order valence-electron chi connectivity index (χ2n) is 6.05. The average molecular weight is 382 g/mol. The number of piperazine rings is 1. The summed E-state index contributed by atoms with van der Waals surface area (Å²) in [5.41, 5.74) is 1.02. The Balaban J connectivity index is 1.68. The van der Waals surface area contributed by atoms with E-state index in [0.29, 0.717) is 0 Å². The Hall–Kier alpha value is -1.18. The van der Waals surface area contributed by atoms with Crippen molar-refractivity contribution in [3.63, 3.8) is 0 Å². The zero-order valence-corrected chi connectivity index (χ0v) is 15.3. The van der Waals surface area contributed by atoms with Gasteiger partial charge in [0.2, 0.25) is 5.95 Å². The van der Waals surface area contributed by atoms with E-state index in [-0.39, 0.29) is 0 Å². The van der Waals surface area contributed by atoms with Crippen molar-refractivity contribution >= 4 is 27.7 Å². The van der Waals surface area contributed by atoms with Crippen LogP contribution in [0.1, 0.15) is 5.69 Å². The molecule has 0 amide bonds. The molecule has 0 aliphatic carbocycles. The van der Waals surface area contributed by atoms with Crippen LogP contribution in [0.2, 0.25) is 0 Å². The highest BCUT2D eigenvalue weighted by Gasteiger charge is 2.21. The number of aromatic nitrogens is 2. The van der Waals surface area contributed by atoms with E-state index in [0.717, 1.165) is 81.0 Å². The molecule has 3 rings (SSSR count). The number of aryl methyl sites for hydroxylation is 1. The van der Waals surface area contributed by atoms with E-state index in [1.54, 1.807) is 0 Å². The Labute approximate surface area is 146 Å². The Kier molecular flexibility index (Phi) is 5.50. The van der Waals surface area contributed by atoms with Gasteiger partial charge in [-0.3, -0.25) is 4.90 Å². The molecule has 1 aromatic heterocycles. The molecule has 0 saturated carbocycles. The van der Waals surface area contributed by atoms with Crippen molar-refractivity contribution in [1.82, 2.24) is 14.9 Å². The molecule has 23 heavy (non-hydrogen) atoms. The molecular formula is C16H24BrN5O. The molecule has 2 aliphatic heterocycles. The predicted octanol–water partition coefficient (Wildman–Crippen LogP) is 1.65. The molecule has 126 valence electrons. The van der Waals surface area contributed by atoms with Crippen molar-refractivity contribution < 1.29 is 4.74 Å². The topological polar surface area (TPSA) is 44.7 Å². The molecule has 2 fully saturated rings. The van der Waals surface area contributed by atoms with Crippen LogP contribution in [-0.2, 0) is 4.74 Å². The highest BCUT2D eigenvalue weighted by molar-refractivity contribution is 9.11. The predicted molar refractivity (Wildman–Crippen MR) is 96.5 cm³/mol. The van der Waals surface area contributed by atoms with Crippen molar-refractivity contribution in [3.05, 3.63) is 22.8 Å². The van der Waals surface area contributed by atoms with Crippen LogP contribution in [0.15, 0.2) is 17.1 Å². The smallest absolute Gasteiger partial charge is 0.227 e. The van der Waals surface area contributed by atoms with Gasteiger partial charge in [-0.2, -0.15) is 4.98 Å². The molecule has 0 radical (unpaired) electrons. The third kappa shape index (κ3) is 4.43. The average Bonchev–Trinajstić information content (AvgIpc) is 2.55. The number of ether oxygens (including phenoxy) is 1. The van der Waals surface area contributed by atoms with Crippen LogP contribution in [-0.4, -0.2) is 73.9 Å². The van der Waals surface area contributed by atoms with E-state index in [2.05, 4.69) is 48.3 Å². The summed E-state index contributed by atoms with van der Waals surface area (Å²) in [6.45, 7) is 14.1. The molecule has 2 aliphatic rings.